The van der Waals surface area contributed by atoms with Crippen molar-refractivity contribution >= 4 is 11.7 Å². The summed E-state index contributed by atoms with van der Waals surface area (Å²) < 4.78 is 12.3. The summed E-state index contributed by atoms with van der Waals surface area (Å²) >= 11 is 0. The first kappa shape index (κ1) is 20.8. The number of hydrogen-bond acceptors (Lipinski definition) is 8. The Kier molecular flexibility index (Phi) is 5.13. The first-order chi connectivity index (χ1) is 15.5. The van der Waals surface area contributed by atoms with Crippen molar-refractivity contribution in [3.8, 4) is 0 Å². The molecule has 2 saturated carbocycles. The Balaban J connectivity index is 1.12. The molecule has 3 N–H and O–H groups in total. The summed E-state index contributed by atoms with van der Waals surface area (Å²) in [6, 6.07) is 2.79. The quantitative estimate of drug-likeness (QED) is 0.640. The molecule has 174 valence electrons. The number of hydrogen-bond donors (Lipinski definition) is 3. The predicted molar refractivity (Wildman–Crippen MR) is 118 cm³/mol. The minimum atomic E-state index is -0.222. The lowest BCUT2D eigenvalue weighted by Crippen LogP contribution is -2.57. The van der Waals surface area contributed by atoms with Crippen LogP contribution in [0.15, 0.2) is 12.4 Å². The van der Waals surface area contributed by atoms with Crippen LogP contribution in [-0.2, 0) is 14.3 Å². The first-order valence-corrected chi connectivity index (χ1v) is 12.2. The highest BCUT2D eigenvalue weighted by Crippen LogP contribution is 2.45. The fourth-order valence-corrected chi connectivity index (χ4v) is 5.86. The standard InChI is InChI=1S/C23H34N6O3/c1-22(4-5-22)32-15-2-3-17-16(10-15)21(28-27-17)18-11-19(26-14-25-18)29-8-6-23(7-9-29)13-24-20(30)12-31-23/h11,14-17,21,27-28H,2-10,12-13H2,1H3,(H,24,30). The number of piperidine rings is 1. The van der Waals surface area contributed by atoms with Crippen LogP contribution in [0, 0.1) is 5.92 Å². The van der Waals surface area contributed by atoms with E-state index >= 15 is 0 Å². The fourth-order valence-electron chi connectivity index (χ4n) is 5.86. The van der Waals surface area contributed by atoms with Crippen LogP contribution >= 0.6 is 0 Å². The molecule has 1 aromatic heterocycles. The molecule has 1 spiro atoms. The maximum atomic E-state index is 11.4. The summed E-state index contributed by atoms with van der Waals surface area (Å²) in [7, 11) is 0. The second-order valence-electron chi connectivity index (χ2n) is 10.6. The number of nitrogens with zero attached hydrogens (tertiary/aromatic N) is 3. The van der Waals surface area contributed by atoms with E-state index in [9.17, 15) is 4.79 Å². The second-order valence-corrected chi connectivity index (χ2v) is 10.6. The third kappa shape index (κ3) is 4.00. The van der Waals surface area contributed by atoms with E-state index in [2.05, 4.69) is 44.0 Å². The topological polar surface area (TPSA) is 101 Å². The highest BCUT2D eigenvalue weighted by Gasteiger charge is 2.46. The molecule has 2 aliphatic carbocycles. The van der Waals surface area contributed by atoms with Gasteiger partial charge in [-0.3, -0.25) is 10.2 Å². The van der Waals surface area contributed by atoms with Crippen molar-refractivity contribution in [2.24, 2.45) is 5.92 Å². The highest BCUT2D eigenvalue weighted by atomic mass is 16.5. The summed E-state index contributed by atoms with van der Waals surface area (Å²) in [5.74, 6) is 1.43. The maximum Gasteiger partial charge on any atom is 0.246 e. The van der Waals surface area contributed by atoms with Gasteiger partial charge in [-0.2, -0.15) is 0 Å². The van der Waals surface area contributed by atoms with E-state index in [0.29, 0.717) is 24.6 Å². The van der Waals surface area contributed by atoms with Gasteiger partial charge in [-0.1, -0.05) is 0 Å². The molecule has 5 aliphatic rings. The molecular formula is C23H34N6O3. The summed E-state index contributed by atoms with van der Waals surface area (Å²) in [6.07, 6.45) is 9.55. The molecule has 4 atom stereocenters. The molecule has 1 aromatic rings. The van der Waals surface area contributed by atoms with Crippen LogP contribution in [-0.4, -0.2) is 65.5 Å². The summed E-state index contributed by atoms with van der Waals surface area (Å²) in [6.45, 7) is 4.75. The SMILES string of the molecule is CC1(OC2CCC3NNC(c4cc(N5CCC6(CC5)CNC(=O)CO6)ncn4)C3C2)CC1. The normalized spacial score (nSPS) is 35.4. The minimum absolute atomic E-state index is 0.0175. The van der Waals surface area contributed by atoms with Crippen LogP contribution in [0.5, 0.6) is 0 Å². The molecule has 4 heterocycles. The molecular weight excluding hydrogens is 408 g/mol. The zero-order valence-corrected chi connectivity index (χ0v) is 18.8. The number of ether oxygens (including phenoxy) is 2. The van der Waals surface area contributed by atoms with Crippen molar-refractivity contribution in [3.63, 3.8) is 0 Å². The number of carbonyl (C=O) groups is 1. The predicted octanol–water partition coefficient (Wildman–Crippen LogP) is 1.22. The number of morpholine rings is 1. The monoisotopic (exact) mass is 442 g/mol. The Morgan fingerprint density at radius 3 is 2.75 bits per heavy atom. The number of carbonyl (C=O) groups excluding carboxylic acids is 1. The van der Waals surface area contributed by atoms with Crippen LogP contribution in [0.3, 0.4) is 0 Å². The van der Waals surface area contributed by atoms with E-state index in [1.165, 1.54) is 12.8 Å². The minimum Gasteiger partial charge on any atom is -0.372 e. The largest absolute Gasteiger partial charge is 0.372 e. The molecule has 3 aliphatic heterocycles. The number of aromatic nitrogens is 2. The van der Waals surface area contributed by atoms with E-state index in [-0.39, 0.29) is 29.8 Å². The third-order valence-electron chi connectivity index (χ3n) is 8.22. The van der Waals surface area contributed by atoms with Gasteiger partial charge in [-0.15, -0.1) is 0 Å². The van der Waals surface area contributed by atoms with Gasteiger partial charge in [0.1, 0.15) is 18.8 Å². The van der Waals surface area contributed by atoms with Crippen LogP contribution in [0.1, 0.15) is 63.6 Å². The summed E-state index contributed by atoms with van der Waals surface area (Å²) in [4.78, 5) is 23.0. The number of fused-ring (bicyclic) bond motifs is 1. The maximum absolute atomic E-state index is 11.4. The zero-order valence-electron chi connectivity index (χ0n) is 18.8. The summed E-state index contributed by atoms with van der Waals surface area (Å²) in [5, 5.41) is 2.96. The van der Waals surface area contributed by atoms with E-state index < -0.39 is 0 Å². The van der Waals surface area contributed by atoms with Gasteiger partial charge in [-0.25, -0.2) is 15.4 Å². The van der Waals surface area contributed by atoms with Gasteiger partial charge in [0, 0.05) is 37.7 Å². The lowest BCUT2D eigenvalue weighted by atomic mass is 9.79. The van der Waals surface area contributed by atoms with Gasteiger partial charge < -0.3 is 19.7 Å². The number of nitrogens with one attached hydrogen (secondary N) is 3. The zero-order chi connectivity index (χ0) is 21.8. The Bertz CT molecular complexity index is 857. The molecule has 0 radical (unpaired) electrons. The highest BCUT2D eigenvalue weighted by molar-refractivity contribution is 5.78. The molecule has 6 rings (SSSR count). The van der Waals surface area contributed by atoms with Gasteiger partial charge in [0.2, 0.25) is 5.91 Å². The molecule has 32 heavy (non-hydrogen) atoms. The average Bonchev–Trinajstić information content (AvgIpc) is 3.38. The molecule has 9 heteroatoms. The fraction of sp³-hybridized carbons (Fsp3) is 0.783. The number of amides is 1. The second kappa shape index (κ2) is 7.90. The van der Waals surface area contributed by atoms with Crippen LogP contribution in [0.25, 0.3) is 0 Å². The number of hydrazine groups is 1. The van der Waals surface area contributed by atoms with Gasteiger partial charge in [0.05, 0.1) is 29.0 Å². The third-order valence-corrected chi connectivity index (χ3v) is 8.22. The molecule has 3 saturated heterocycles. The van der Waals surface area contributed by atoms with Gasteiger partial charge >= 0.3 is 0 Å². The first-order valence-electron chi connectivity index (χ1n) is 12.2. The van der Waals surface area contributed by atoms with Crippen LogP contribution in [0.4, 0.5) is 5.82 Å². The van der Waals surface area contributed by atoms with Gasteiger partial charge in [0.15, 0.2) is 0 Å². The number of anilines is 1. The van der Waals surface area contributed by atoms with E-state index in [0.717, 1.165) is 56.7 Å². The van der Waals surface area contributed by atoms with Gasteiger partial charge in [-0.05, 0) is 51.9 Å². The van der Waals surface area contributed by atoms with Crippen molar-refractivity contribution in [2.45, 2.75) is 81.3 Å². The van der Waals surface area contributed by atoms with Crippen molar-refractivity contribution < 1.29 is 14.3 Å². The molecule has 9 nitrogen and oxygen atoms in total. The number of rotatable bonds is 4. The van der Waals surface area contributed by atoms with Crippen molar-refractivity contribution in [3.05, 3.63) is 18.1 Å². The van der Waals surface area contributed by atoms with E-state index in [1.807, 2.05) is 0 Å². The average molecular weight is 443 g/mol. The van der Waals surface area contributed by atoms with Crippen LogP contribution < -0.4 is 21.1 Å². The molecule has 4 unspecified atom stereocenters. The molecule has 0 bridgehead atoms. The Hall–Kier alpha value is -1.81. The Labute approximate surface area is 189 Å². The van der Waals surface area contributed by atoms with Crippen molar-refractivity contribution in [2.75, 3.05) is 31.1 Å². The van der Waals surface area contributed by atoms with E-state index in [1.54, 1.807) is 6.33 Å². The van der Waals surface area contributed by atoms with Crippen molar-refractivity contribution in [1.29, 1.82) is 0 Å². The smallest absolute Gasteiger partial charge is 0.246 e. The van der Waals surface area contributed by atoms with Gasteiger partial charge in [0.25, 0.3) is 0 Å². The molecule has 0 aromatic carbocycles. The molecule has 1 amide bonds. The Morgan fingerprint density at radius 1 is 1.16 bits per heavy atom. The molecule has 5 fully saturated rings. The van der Waals surface area contributed by atoms with E-state index in [4.69, 9.17) is 9.47 Å². The van der Waals surface area contributed by atoms with Crippen molar-refractivity contribution in [1.82, 2.24) is 26.1 Å². The Morgan fingerprint density at radius 2 is 2.00 bits per heavy atom. The lowest BCUT2D eigenvalue weighted by Gasteiger charge is -2.44. The summed E-state index contributed by atoms with van der Waals surface area (Å²) in [5.41, 5.74) is 8.00. The van der Waals surface area contributed by atoms with Crippen LogP contribution in [0.2, 0.25) is 0 Å². The lowest BCUT2D eigenvalue weighted by molar-refractivity contribution is -0.146.